The average Bonchev–Trinajstić information content (AvgIpc) is 2.42. The Morgan fingerprint density at radius 1 is 1.20 bits per heavy atom. The van der Waals surface area contributed by atoms with Crippen molar-refractivity contribution in [3.8, 4) is 0 Å². The molecule has 5 N–H and O–H groups in total. The fourth-order valence-corrected chi connectivity index (χ4v) is 1.41. The van der Waals surface area contributed by atoms with E-state index in [0.717, 1.165) is 5.56 Å². The van der Waals surface area contributed by atoms with Gasteiger partial charge in [-0.1, -0.05) is 12.1 Å². The summed E-state index contributed by atoms with van der Waals surface area (Å²) in [5, 5.41) is 8.36. The largest absolute Gasteiger partial charge is 0.352 e. The molecule has 112 valence electrons. The van der Waals surface area contributed by atoms with E-state index in [9.17, 15) is 9.59 Å². The van der Waals surface area contributed by atoms with Crippen molar-refractivity contribution in [3.05, 3.63) is 35.4 Å². The van der Waals surface area contributed by atoms with E-state index >= 15 is 0 Å². The van der Waals surface area contributed by atoms with Gasteiger partial charge in [0.1, 0.15) is 0 Å². The Hall–Kier alpha value is -1.79. The van der Waals surface area contributed by atoms with Crippen molar-refractivity contribution in [3.63, 3.8) is 0 Å². The maximum Gasteiger partial charge on any atom is 0.312 e. The zero-order valence-electron chi connectivity index (χ0n) is 11.6. The third kappa shape index (κ3) is 6.40. The van der Waals surface area contributed by atoms with Gasteiger partial charge in [0.2, 0.25) is 0 Å². The van der Waals surface area contributed by atoms with Crippen molar-refractivity contribution in [1.29, 1.82) is 0 Å². The lowest BCUT2D eigenvalue weighted by molar-refractivity contribution is 0.0950. The molecule has 0 aliphatic heterocycles. The lowest BCUT2D eigenvalue weighted by atomic mass is 10.1. The molecule has 20 heavy (non-hydrogen) atoms. The highest BCUT2D eigenvalue weighted by Crippen LogP contribution is 2.04. The summed E-state index contributed by atoms with van der Waals surface area (Å²) >= 11 is 0. The first-order valence-electron chi connectivity index (χ1n) is 6.10. The minimum absolute atomic E-state index is 0. The second-order valence-corrected chi connectivity index (χ2v) is 4.31. The van der Waals surface area contributed by atoms with Crippen LogP contribution in [0.3, 0.4) is 0 Å². The summed E-state index contributed by atoms with van der Waals surface area (Å²) in [6.45, 7) is 2.91. The summed E-state index contributed by atoms with van der Waals surface area (Å²) in [6.07, 6.45) is 0. The number of amides is 3. The van der Waals surface area contributed by atoms with Gasteiger partial charge in [0.15, 0.2) is 0 Å². The number of benzene rings is 1. The highest BCUT2D eigenvalue weighted by molar-refractivity contribution is 5.94. The van der Waals surface area contributed by atoms with Gasteiger partial charge >= 0.3 is 6.03 Å². The monoisotopic (exact) mass is 300 g/mol. The Labute approximate surface area is 124 Å². The molecule has 1 aromatic rings. The molecule has 6 nitrogen and oxygen atoms in total. The molecule has 7 heteroatoms. The van der Waals surface area contributed by atoms with Crippen molar-refractivity contribution in [2.45, 2.75) is 19.5 Å². The predicted octanol–water partition coefficient (Wildman–Crippen LogP) is 0.614. The molecule has 0 spiro atoms. The number of urea groups is 1. The van der Waals surface area contributed by atoms with Crippen LogP contribution in [0.2, 0.25) is 0 Å². The quantitative estimate of drug-likeness (QED) is 0.620. The van der Waals surface area contributed by atoms with Crippen molar-refractivity contribution < 1.29 is 9.59 Å². The van der Waals surface area contributed by atoms with Gasteiger partial charge in [-0.05, 0) is 31.7 Å². The van der Waals surface area contributed by atoms with E-state index in [-0.39, 0.29) is 24.4 Å². The van der Waals surface area contributed by atoms with Crippen LogP contribution in [-0.2, 0) is 6.54 Å². The summed E-state index contributed by atoms with van der Waals surface area (Å²) in [6, 6.07) is 6.67. The predicted molar refractivity (Wildman–Crippen MR) is 81.0 cm³/mol. The van der Waals surface area contributed by atoms with Crippen LogP contribution < -0.4 is 21.7 Å². The van der Waals surface area contributed by atoms with Crippen LogP contribution in [0, 0.1) is 0 Å². The van der Waals surface area contributed by atoms with E-state index in [4.69, 9.17) is 5.73 Å². The van der Waals surface area contributed by atoms with Crippen LogP contribution in [0.5, 0.6) is 0 Å². The first-order valence-corrected chi connectivity index (χ1v) is 6.10. The number of hydrogen-bond acceptors (Lipinski definition) is 3. The van der Waals surface area contributed by atoms with Gasteiger partial charge in [0.25, 0.3) is 5.91 Å². The Bertz CT molecular complexity index is 437. The SMILES string of the molecule is CNC(C)CNC(=O)c1ccc(CNC(N)=O)cc1.Cl. The van der Waals surface area contributed by atoms with Gasteiger partial charge in [0, 0.05) is 24.7 Å². The maximum absolute atomic E-state index is 11.8. The van der Waals surface area contributed by atoms with Crippen LogP contribution in [0.25, 0.3) is 0 Å². The standard InChI is InChI=1S/C13H20N4O2.ClH/c1-9(15-2)7-16-12(18)11-5-3-10(4-6-11)8-17-13(14)19;/h3-6,9,15H,7-8H2,1-2H3,(H,16,18)(H3,14,17,19);1H. The Kier molecular flexibility index (Phi) is 8.35. The van der Waals surface area contributed by atoms with E-state index in [1.807, 2.05) is 14.0 Å². The summed E-state index contributed by atoms with van der Waals surface area (Å²) in [5.74, 6) is -0.114. The molecule has 3 amide bonds. The van der Waals surface area contributed by atoms with Crippen molar-refractivity contribution in [2.24, 2.45) is 5.73 Å². The van der Waals surface area contributed by atoms with Gasteiger partial charge in [-0.3, -0.25) is 4.79 Å². The summed E-state index contributed by atoms with van der Waals surface area (Å²) in [7, 11) is 1.84. The maximum atomic E-state index is 11.8. The molecule has 0 saturated heterocycles. The molecule has 0 radical (unpaired) electrons. The number of nitrogens with one attached hydrogen (secondary N) is 3. The molecule has 0 aliphatic carbocycles. The molecular formula is C13H21ClN4O2. The number of carbonyl (C=O) groups is 2. The molecule has 0 bridgehead atoms. The van der Waals surface area contributed by atoms with Gasteiger partial charge in [-0.2, -0.15) is 0 Å². The molecule has 1 atom stereocenters. The minimum Gasteiger partial charge on any atom is -0.352 e. The number of carbonyl (C=O) groups excluding carboxylic acids is 2. The average molecular weight is 301 g/mol. The molecule has 0 heterocycles. The zero-order chi connectivity index (χ0) is 14.3. The third-order valence-corrected chi connectivity index (χ3v) is 2.74. The molecule has 0 fully saturated rings. The Morgan fingerprint density at radius 2 is 1.80 bits per heavy atom. The Balaban J connectivity index is 0.00000361. The summed E-state index contributed by atoms with van der Waals surface area (Å²) in [4.78, 5) is 22.4. The van der Waals surface area contributed by atoms with Crippen molar-refractivity contribution >= 4 is 24.3 Å². The highest BCUT2D eigenvalue weighted by atomic mass is 35.5. The van der Waals surface area contributed by atoms with E-state index in [1.165, 1.54) is 0 Å². The number of primary amides is 1. The minimum atomic E-state index is -0.567. The second-order valence-electron chi connectivity index (χ2n) is 4.31. The van der Waals surface area contributed by atoms with Gasteiger partial charge in [0.05, 0.1) is 0 Å². The van der Waals surface area contributed by atoms with E-state index in [2.05, 4.69) is 16.0 Å². The molecule has 1 aromatic carbocycles. The van der Waals surface area contributed by atoms with Gasteiger partial charge in [-0.25, -0.2) is 4.79 Å². The second kappa shape index (κ2) is 9.17. The van der Waals surface area contributed by atoms with Crippen LogP contribution in [-0.4, -0.2) is 31.6 Å². The first-order chi connectivity index (χ1) is 9.02. The molecule has 0 saturated carbocycles. The number of nitrogens with two attached hydrogens (primary N) is 1. The fourth-order valence-electron chi connectivity index (χ4n) is 1.41. The molecule has 0 aromatic heterocycles. The van der Waals surface area contributed by atoms with Gasteiger partial charge in [-0.15, -0.1) is 12.4 Å². The number of hydrogen-bond donors (Lipinski definition) is 4. The van der Waals surface area contributed by atoms with Crippen molar-refractivity contribution in [2.75, 3.05) is 13.6 Å². The highest BCUT2D eigenvalue weighted by Gasteiger charge is 2.06. The third-order valence-electron chi connectivity index (χ3n) is 2.74. The summed E-state index contributed by atoms with van der Waals surface area (Å²) < 4.78 is 0. The van der Waals surface area contributed by atoms with Crippen LogP contribution >= 0.6 is 12.4 Å². The van der Waals surface area contributed by atoms with Crippen LogP contribution in [0.1, 0.15) is 22.8 Å². The molecule has 0 aliphatic rings. The van der Waals surface area contributed by atoms with Crippen LogP contribution in [0.15, 0.2) is 24.3 Å². The smallest absolute Gasteiger partial charge is 0.312 e. The fraction of sp³-hybridized carbons (Fsp3) is 0.385. The van der Waals surface area contributed by atoms with E-state index < -0.39 is 6.03 Å². The Morgan fingerprint density at radius 3 is 2.30 bits per heavy atom. The number of halogens is 1. The lowest BCUT2D eigenvalue weighted by Gasteiger charge is -2.11. The first kappa shape index (κ1) is 18.2. The molecular weight excluding hydrogens is 280 g/mol. The molecule has 1 unspecified atom stereocenters. The lowest BCUT2D eigenvalue weighted by Crippen LogP contribution is -2.37. The van der Waals surface area contributed by atoms with Crippen LogP contribution in [0.4, 0.5) is 4.79 Å². The van der Waals surface area contributed by atoms with Crippen molar-refractivity contribution in [1.82, 2.24) is 16.0 Å². The number of rotatable bonds is 6. The molecule has 1 rings (SSSR count). The summed E-state index contributed by atoms with van der Waals surface area (Å²) in [5.41, 5.74) is 6.46. The van der Waals surface area contributed by atoms with E-state index in [1.54, 1.807) is 24.3 Å². The normalized spacial score (nSPS) is 11.1. The zero-order valence-corrected chi connectivity index (χ0v) is 12.4. The number of likely N-dealkylation sites (N-methyl/N-ethyl adjacent to an activating group) is 1. The topological polar surface area (TPSA) is 96.2 Å². The van der Waals surface area contributed by atoms with Gasteiger partial charge < -0.3 is 21.7 Å². The van der Waals surface area contributed by atoms with E-state index in [0.29, 0.717) is 18.7 Å².